The van der Waals surface area contributed by atoms with Crippen molar-refractivity contribution in [3.63, 3.8) is 0 Å². The number of methoxy groups -OCH3 is 1. The van der Waals surface area contributed by atoms with Crippen LogP contribution in [0.15, 0.2) is 77.6 Å². The van der Waals surface area contributed by atoms with Crippen LogP contribution in [0.4, 0.5) is 0 Å². The van der Waals surface area contributed by atoms with Gasteiger partial charge in [-0.1, -0.05) is 48.5 Å². The second-order valence-corrected chi connectivity index (χ2v) is 8.89. The van der Waals surface area contributed by atoms with E-state index in [-0.39, 0.29) is 24.1 Å². The predicted octanol–water partition coefficient (Wildman–Crippen LogP) is 3.48. The molecule has 1 aliphatic rings. The molecule has 0 radical (unpaired) electrons. The molecule has 8 heteroatoms. The molecule has 3 aromatic carbocycles. The SMILES string of the molecule is COc1ccccc1C1CN(CCNC(=O)CCn2c(=O)[nH]c3ccccc32)Cc2ccccc2O1. The highest BCUT2D eigenvalue weighted by Gasteiger charge is 2.26. The minimum Gasteiger partial charge on any atom is -0.496 e. The Morgan fingerprint density at radius 3 is 2.72 bits per heavy atom. The van der Waals surface area contributed by atoms with Crippen molar-refractivity contribution in [3.8, 4) is 11.5 Å². The van der Waals surface area contributed by atoms with Crippen molar-refractivity contribution in [2.45, 2.75) is 25.6 Å². The van der Waals surface area contributed by atoms with Gasteiger partial charge in [0, 0.05) is 50.3 Å². The minimum atomic E-state index is -0.200. The van der Waals surface area contributed by atoms with Crippen LogP contribution in [-0.4, -0.2) is 47.1 Å². The third kappa shape index (κ3) is 5.13. The number of amides is 1. The van der Waals surface area contributed by atoms with E-state index in [0.29, 0.717) is 26.2 Å². The first-order valence-corrected chi connectivity index (χ1v) is 12.2. The lowest BCUT2D eigenvalue weighted by molar-refractivity contribution is -0.121. The van der Waals surface area contributed by atoms with E-state index in [9.17, 15) is 9.59 Å². The van der Waals surface area contributed by atoms with Crippen LogP contribution < -0.4 is 20.5 Å². The van der Waals surface area contributed by atoms with E-state index in [2.05, 4.69) is 21.3 Å². The van der Waals surface area contributed by atoms with Gasteiger partial charge in [-0.25, -0.2) is 4.79 Å². The molecule has 2 N–H and O–H groups in total. The molecule has 0 fully saturated rings. The number of ether oxygens (including phenoxy) is 2. The normalized spacial score (nSPS) is 15.6. The summed E-state index contributed by atoms with van der Waals surface area (Å²) in [5.41, 5.74) is 3.49. The van der Waals surface area contributed by atoms with E-state index in [1.54, 1.807) is 11.7 Å². The van der Waals surface area contributed by atoms with Crippen LogP contribution in [0.1, 0.15) is 23.7 Å². The highest BCUT2D eigenvalue weighted by molar-refractivity contribution is 5.77. The number of imidazole rings is 1. The molecule has 5 rings (SSSR count). The summed E-state index contributed by atoms with van der Waals surface area (Å²) in [6.45, 7) is 2.89. The van der Waals surface area contributed by atoms with Crippen molar-refractivity contribution in [2.24, 2.45) is 0 Å². The summed E-state index contributed by atoms with van der Waals surface area (Å²) in [7, 11) is 1.67. The van der Waals surface area contributed by atoms with E-state index in [1.807, 2.05) is 66.7 Å². The predicted molar refractivity (Wildman–Crippen MR) is 138 cm³/mol. The summed E-state index contributed by atoms with van der Waals surface area (Å²) in [5.74, 6) is 1.58. The Kier molecular flexibility index (Phi) is 7.04. The molecule has 1 unspecified atom stereocenters. The highest BCUT2D eigenvalue weighted by atomic mass is 16.5. The smallest absolute Gasteiger partial charge is 0.326 e. The molecular formula is C28H30N4O4. The fraction of sp³-hybridized carbons (Fsp3) is 0.286. The lowest BCUT2D eigenvalue weighted by Crippen LogP contribution is -2.37. The first-order chi connectivity index (χ1) is 17.6. The van der Waals surface area contributed by atoms with Crippen molar-refractivity contribution >= 4 is 16.9 Å². The van der Waals surface area contributed by atoms with E-state index in [4.69, 9.17) is 9.47 Å². The molecule has 0 saturated heterocycles. The number of H-pyrrole nitrogens is 1. The van der Waals surface area contributed by atoms with Gasteiger partial charge < -0.3 is 19.8 Å². The molecule has 1 aromatic heterocycles. The number of carbonyl (C=O) groups is 1. The van der Waals surface area contributed by atoms with E-state index in [0.717, 1.165) is 40.2 Å². The van der Waals surface area contributed by atoms with Gasteiger partial charge in [-0.3, -0.25) is 14.3 Å². The summed E-state index contributed by atoms with van der Waals surface area (Å²) >= 11 is 0. The Labute approximate surface area is 209 Å². The standard InChI is InChI=1S/C28H30N4O4/c1-35-25-13-7-3-9-21(25)26-19-31(18-20-8-2-6-12-24(20)36-26)17-15-29-27(33)14-16-32-23-11-5-4-10-22(23)30-28(32)34/h2-13,26H,14-19H2,1H3,(H,29,33)(H,30,34). The molecular weight excluding hydrogens is 456 g/mol. The number of aromatic nitrogens is 2. The van der Waals surface area contributed by atoms with Crippen LogP contribution in [0.3, 0.4) is 0 Å². The van der Waals surface area contributed by atoms with Crippen LogP contribution in [0.25, 0.3) is 11.0 Å². The number of hydrogen-bond donors (Lipinski definition) is 2. The lowest BCUT2D eigenvalue weighted by Gasteiger charge is -2.25. The van der Waals surface area contributed by atoms with E-state index in [1.165, 1.54) is 0 Å². The molecule has 4 aromatic rings. The van der Waals surface area contributed by atoms with Gasteiger partial charge in [0.15, 0.2) is 0 Å². The Morgan fingerprint density at radius 2 is 1.83 bits per heavy atom. The number of para-hydroxylation sites is 4. The van der Waals surface area contributed by atoms with Gasteiger partial charge in [0.2, 0.25) is 5.91 Å². The van der Waals surface area contributed by atoms with Crippen LogP contribution in [0.5, 0.6) is 11.5 Å². The zero-order valence-electron chi connectivity index (χ0n) is 20.3. The number of rotatable bonds is 8. The molecule has 0 spiro atoms. The summed E-state index contributed by atoms with van der Waals surface area (Å²) in [6.07, 6.45) is 0.0339. The summed E-state index contributed by atoms with van der Waals surface area (Å²) in [4.78, 5) is 29.9. The van der Waals surface area contributed by atoms with Crippen LogP contribution in [0.2, 0.25) is 0 Å². The zero-order valence-corrected chi connectivity index (χ0v) is 20.3. The van der Waals surface area contributed by atoms with Crippen molar-refractivity contribution in [2.75, 3.05) is 26.7 Å². The number of hydrogen-bond acceptors (Lipinski definition) is 5. The lowest BCUT2D eigenvalue weighted by atomic mass is 10.1. The van der Waals surface area contributed by atoms with Crippen LogP contribution >= 0.6 is 0 Å². The highest BCUT2D eigenvalue weighted by Crippen LogP contribution is 2.34. The third-order valence-electron chi connectivity index (χ3n) is 6.54. The number of benzene rings is 3. The summed E-state index contributed by atoms with van der Waals surface area (Å²) in [6, 6.07) is 23.5. The molecule has 1 amide bonds. The van der Waals surface area contributed by atoms with E-state index >= 15 is 0 Å². The summed E-state index contributed by atoms with van der Waals surface area (Å²) < 4.78 is 13.6. The van der Waals surface area contributed by atoms with Gasteiger partial charge in [-0.05, 0) is 24.3 Å². The average Bonchev–Trinajstić information content (AvgIpc) is 3.10. The fourth-order valence-electron chi connectivity index (χ4n) is 4.73. The monoisotopic (exact) mass is 486 g/mol. The maximum Gasteiger partial charge on any atom is 0.326 e. The maximum absolute atomic E-state index is 12.6. The number of aromatic amines is 1. The first-order valence-electron chi connectivity index (χ1n) is 12.2. The molecule has 8 nitrogen and oxygen atoms in total. The quantitative estimate of drug-likeness (QED) is 0.398. The molecule has 0 saturated carbocycles. The van der Waals surface area contributed by atoms with Crippen LogP contribution in [0, 0.1) is 0 Å². The Morgan fingerprint density at radius 1 is 1.06 bits per heavy atom. The van der Waals surface area contributed by atoms with Gasteiger partial charge in [-0.2, -0.15) is 0 Å². The largest absolute Gasteiger partial charge is 0.496 e. The van der Waals surface area contributed by atoms with Gasteiger partial charge >= 0.3 is 5.69 Å². The number of fused-ring (bicyclic) bond motifs is 2. The van der Waals surface area contributed by atoms with Gasteiger partial charge in [0.25, 0.3) is 0 Å². The Balaban J connectivity index is 1.21. The van der Waals surface area contributed by atoms with Crippen molar-refractivity contribution in [1.29, 1.82) is 0 Å². The van der Waals surface area contributed by atoms with Crippen molar-refractivity contribution in [1.82, 2.24) is 19.8 Å². The molecule has 1 aliphatic heterocycles. The minimum absolute atomic E-state index is 0.0834. The average molecular weight is 487 g/mol. The first kappa shape index (κ1) is 23.7. The van der Waals surface area contributed by atoms with Gasteiger partial charge in [-0.15, -0.1) is 0 Å². The number of carbonyl (C=O) groups excluding carboxylic acids is 1. The van der Waals surface area contributed by atoms with Gasteiger partial charge in [0.05, 0.1) is 18.1 Å². The number of aryl methyl sites for hydroxylation is 1. The Bertz CT molecular complexity index is 1410. The second-order valence-electron chi connectivity index (χ2n) is 8.89. The van der Waals surface area contributed by atoms with Crippen LogP contribution in [-0.2, 0) is 17.9 Å². The molecule has 186 valence electrons. The fourth-order valence-corrected chi connectivity index (χ4v) is 4.73. The molecule has 1 atom stereocenters. The molecule has 36 heavy (non-hydrogen) atoms. The topological polar surface area (TPSA) is 88.6 Å². The van der Waals surface area contributed by atoms with Crippen molar-refractivity contribution in [3.05, 3.63) is 94.4 Å². The second kappa shape index (κ2) is 10.7. The van der Waals surface area contributed by atoms with Gasteiger partial charge in [0.1, 0.15) is 17.6 Å². The van der Waals surface area contributed by atoms with E-state index < -0.39 is 0 Å². The molecule has 0 bridgehead atoms. The third-order valence-corrected chi connectivity index (χ3v) is 6.54. The Hall–Kier alpha value is -4.04. The molecule has 2 heterocycles. The maximum atomic E-state index is 12.6. The zero-order chi connectivity index (χ0) is 24.9. The molecule has 0 aliphatic carbocycles. The number of nitrogens with one attached hydrogen (secondary N) is 2. The van der Waals surface area contributed by atoms with Crippen molar-refractivity contribution < 1.29 is 14.3 Å². The number of nitrogens with zero attached hydrogens (tertiary/aromatic N) is 2. The summed E-state index contributed by atoms with van der Waals surface area (Å²) in [5, 5.41) is 3.01.